The van der Waals surface area contributed by atoms with Gasteiger partial charge < -0.3 is 9.88 Å². The van der Waals surface area contributed by atoms with E-state index in [1.807, 2.05) is 18.2 Å². The van der Waals surface area contributed by atoms with E-state index in [-0.39, 0.29) is 17.2 Å². The van der Waals surface area contributed by atoms with Gasteiger partial charge in [0.2, 0.25) is 5.91 Å². The predicted molar refractivity (Wildman–Crippen MR) is 101 cm³/mol. The van der Waals surface area contributed by atoms with Crippen LogP contribution in [0.25, 0.3) is 0 Å². The number of hydrogen-bond donors (Lipinski definition) is 1. The molecule has 1 fully saturated rings. The molecule has 1 amide bonds. The van der Waals surface area contributed by atoms with Gasteiger partial charge in [-0.2, -0.15) is 0 Å². The molecule has 0 spiro atoms. The third-order valence-electron chi connectivity index (χ3n) is 5.82. The third-order valence-corrected chi connectivity index (χ3v) is 5.82. The summed E-state index contributed by atoms with van der Waals surface area (Å²) in [4.78, 5) is 25.2. The number of carbonyl (C=O) groups is 2. The van der Waals surface area contributed by atoms with Gasteiger partial charge in [0.1, 0.15) is 0 Å². The lowest BCUT2D eigenvalue weighted by molar-refractivity contribution is -0.121. The van der Waals surface area contributed by atoms with E-state index in [2.05, 4.69) is 35.9 Å². The van der Waals surface area contributed by atoms with Crippen LogP contribution in [-0.4, -0.2) is 21.8 Å². The molecule has 1 aromatic heterocycles. The van der Waals surface area contributed by atoms with Gasteiger partial charge in [-0.05, 0) is 50.7 Å². The maximum absolute atomic E-state index is 12.7. The van der Waals surface area contributed by atoms with Gasteiger partial charge in [-0.1, -0.05) is 30.3 Å². The lowest BCUT2D eigenvalue weighted by Gasteiger charge is -2.16. The van der Waals surface area contributed by atoms with Gasteiger partial charge in [0.05, 0.1) is 6.42 Å². The molecule has 0 aliphatic heterocycles. The SMILES string of the molecule is Cc1c(CC(=O)NC2(C)CC2)c2c(n1Cc1ccccc1)CCCC2=O. The third kappa shape index (κ3) is 3.20. The molecule has 0 radical (unpaired) electrons. The smallest absolute Gasteiger partial charge is 0.224 e. The van der Waals surface area contributed by atoms with Crippen LogP contribution in [0.4, 0.5) is 0 Å². The van der Waals surface area contributed by atoms with Crippen LogP contribution in [0.3, 0.4) is 0 Å². The Morgan fingerprint density at radius 2 is 1.92 bits per heavy atom. The summed E-state index contributed by atoms with van der Waals surface area (Å²) in [6.45, 7) is 4.89. The van der Waals surface area contributed by atoms with Crippen LogP contribution in [-0.2, 0) is 24.2 Å². The molecular weight excluding hydrogens is 324 g/mol. The molecular formula is C22H26N2O2. The minimum absolute atomic E-state index is 0.0261. The van der Waals surface area contributed by atoms with E-state index in [0.717, 1.165) is 54.7 Å². The van der Waals surface area contributed by atoms with Crippen LogP contribution in [0.15, 0.2) is 30.3 Å². The van der Waals surface area contributed by atoms with Crippen LogP contribution in [0.5, 0.6) is 0 Å². The van der Waals surface area contributed by atoms with Crippen molar-refractivity contribution < 1.29 is 9.59 Å². The quantitative estimate of drug-likeness (QED) is 0.896. The maximum Gasteiger partial charge on any atom is 0.224 e. The Morgan fingerprint density at radius 3 is 2.62 bits per heavy atom. The molecule has 0 atom stereocenters. The molecule has 26 heavy (non-hydrogen) atoms. The second-order valence-electron chi connectivity index (χ2n) is 8.02. The molecule has 0 unspecified atom stereocenters. The summed E-state index contributed by atoms with van der Waals surface area (Å²) in [6, 6.07) is 10.3. The first kappa shape index (κ1) is 17.1. The average molecular weight is 350 g/mol. The summed E-state index contributed by atoms with van der Waals surface area (Å²) < 4.78 is 2.25. The van der Waals surface area contributed by atoms with E-state index in [9.17, 15) is 9.59 Å². The zero-order valence-corrected chi connectivity index (χ0v) is 15.6. The minimum atomic E-state index is -0.0261. The van der Waals surface area contributed by atoms with E-state index in [1.165, 1.54) is 5.56 Å². The predicted octanol–water partition coefficient (Wildman–Crippen LogP) is 3.58. The number of rotatable bonds is 5. The second-order valence-corrected chi connectivity index (χ2v) is 8.02. The molecule has 1 saturated carbocycles. The van der Waals surface area contributed by atoms with Crippen molar-refractivity contribution in [2.24, 2.45) is 0 Å². The van der Waals surface area contributed by atoms with E-state index in [0.29, 0.717) is 12.8 Å². The number of nitrogens with one attached hydrogen (secondary N) is 1. The van der Waals surface area contributed by atoms with Crippen molar-refractivity contribution in [1.82, 2.24) is 9.88 Å². The number of carbonyl (C=O) groups excluding carboxylic acids is 2. The van der Waals surface area contributed by atoms with Gasteiger partial charge in [0.25, 0.3) is 0 Å². The largest absolute Gasteiger partial charge is 0.351 e. The van der Waals surface area contributed by atoms with E-state index in [1.54, 1.807) is 0 Å². The number of ketones is 1. The highest BCUT2D eigenvalue weighted by Gasteiger charge is 2.39. The Kier molecular flexibility index (Phi) is 4.22. The highest BCUT2D eigenvalue weighted by Crippen LogP contribution is 2.35. The standard InChI is InChI=1S/C22H26N2O2/c1-15-17(13-20(26)23-22(2)11-12-22)21-18(9-6-10-19(21)25)24(15)14-16-7-4-3-5-8-16/h3-5,7-8H,6,9-14H2,1-2H3,(H,23,26). The highest BCUT2D eigenvalue weighted by molar-refractivity contribution is 6.01. The van der Waals surface area contributed by atoms with Gasteiger partial charge >= 0.3 is 0 Å². The number of benzene rings is 1. The van der Waals surface area contributed by atoms with Gasteiger partial charge in [0.15, 0.2) is 5.78 Å². The molecule has 0 saturated heterocycles. The average Bonchev–Trinajstić information content (AvgIpc) is 3.28. The number of Topliss-reactive ketones (excluding diaryl/α,β-unsaturated/α-hetero) is 1. The first-order valence-corrected chi connectivity index (χ1v) is 9.56. The zero-order valence-electron chi connectivity index (χ0n) is 15.6. The summed E-state index contributed by atoms with van der Waals surface area (Å²) in [7, 11) is 0. The first-order valence-electron chi connectivity index (χ1n) is 9.56. The fourth-order valence-corrected chi connectivity index (χ4v) is 4.04. The summed E-state index contributed by atoms with van der Waals surface area (Å²) >= 11 is 0. The van der Waals surface area contributed by atoms with Crippen LogP contribution in [0.1, 0.15) is 65.5 Å². The monoisotopic (exact) mass is 350 g/mol. The molecule has 4 nitrogen and oxygen atoms in total. The van der Waals surface area contributed by atoms with Crippen molar-refractivity contribution in [2.45, 2.75) is 64.5 Å². The number of amides is 1. The lowest BCUT2D eigenvalue weighted by atomic mass is 9.92. The molecule has 2 aliphatic carbocycles. The fraction of sp³-hybridized carbons (Fsp3) is 0.455. The first-order chi connectivity index (χ1) is 12.5. The van der Waals surface area contributed by atoms with E-state index >= 15 is 0 Å². The summed E-state index contributed by atoms with van der Waals surface area (Å²) in [6.07, 6.45) is 4.79. The Labute approximate surface area is 154 Å². The number of fused-ring (bicyclic) bond motifs is 1. The van der Waals surface area contributed by atoms with Gasteiger partial charge in [-0.15, -0.1) is 0 Å². The Morgan fingerprint density at radius 1 is 1.19 bits per heavy atom. The van der Waals surface area contributed by atoms with Crippen molar-refractivity contribution in [3.63, 3.8) is 0 Å². The van der Waals surface area contributed by atoms with Crippen molar-refractivity contribution in [1.29, 1.82) is 0 Å². The highest BCUT2D eigenvalue weighted by atomic mass is 16.2. The molecule has 1 heterocycles. The summed E-state index contributed by atoms with van der Waals surface area (Å²) in [5, 5.41) is 3.13. The van der Waals surface area contributed by atoms with Crippen molar-refractivity contribution in [3.8, 4) is 0 Å². The molecule has 0 bridgehead atoms. The molecule has 4 heteroatoms. The van der Waals surface area contributed by atoms with Crippen LogP contribution in [0.2, 0.25) is 0 Å². The Balaban J connectivity index is 1.68. The maximum atomic E-state index is 12.7. The number of nitrogens with zero attached hydrogens (tertiary/aromatic N) is 1. The topological polar surface area (TPSA) is 51.1 Å². The molecule has 136 valence electrons. The Bertz CT molecular complexity index is 860. The summed E-state index contributed by atoms with van der Waals surface area (Å²) in [5.74, 6) is 0.229. The number of aromatic nitrogens is 1. The van der Waals surface area contributed by atoms with Crippen molar-refractivity contribution in [3.05, 3.63) is 58.4 Å². The molecule has 2 aromatic rings. The van der Waals surface area contributed by atoms with E-state index in [4.69, 9.17) is 0 Å². The molecule has 1 aromatic carbocycles. The molecule has 4 rings (SSSR count). The normalized spacial score (nSPS) is 17.7. The van der Waals surface area contributed by atoms with E-state index < -0.39 is 0 Å². The Hall–Kier alpha value is -2.36. The second kappa shape index (κ2) is 6.42. The van der Waals surface area contributed by atoms with Gasteiger partial charge in [0, 0.05) is 35.5 Å². The summed E-state index contributed by atoms with van der Waals surface area (Å²) in [5.41, 5.74) is 5.12. The minimum Gasteiger partial charge on any atom is -0.351 e. The van der Waals surface area contributed by atoms with Crippen LogP contribution < -0.4 is 5.32 Å². The number of hydrogen-bond acceptors (Lipinski definition) is 2. The van der Waals surface area contributed by atoms with Crippen LogP contribution >= 0.6 is 0 Å². The zero-order chi connectivity index (χ0) is 18.3. The molecule has 2 aliphatic rings. The van der Waals surface area contributed by atoms with Gasteiger partial charge in [-0.25, -0.2) is 0 Å². The van der Waals surface area contributed by atoms with Crippen molar-refractivity contribution in [2.75, 3.05) is 0 Å². The van der Waals surface area contributed by atoms with Crippen LogP contribution in [0, 0.1) is 6.92 Å². The van der Waals surface area contributed by atoms with Crippen molar-refractivity contribution >= 4 is 11.7 Å². The van der Waals surface area contributed by atoms with Gasteiger partial charge in [-0.3, -0.25) is 9.59 Å². The molecule has 1 N–H and O–H groups in total. The fourth-order valence-electron chi connectivity index (χ4n) is 4.04. The lowest BCUT2D eigenvalue weighted by Crippen LogP contribution is -2.35.